The van der Waals surface area contributed by atoms with Gasteiger partial charge in [0, 0.05) is 13.1 Å². The molecule has 76 valence electrons. The van der Waals surface area contributed by atoms with Gasteiger partial charge in [0.1, 0.15) is 0 Å². The van der Waals surface area contributed by atoms with E-state index in [1.54, 1.807) is 0 Å². The highest BCUT2D eigenvalue weighted by Crippen LogP contribution is 2.23. The standard InChI is InChI=1S/C9H18N2OS/c1-3-7(8(10)13)11-5-4-9(2,12)6-11/h7,12H,3-6H2,1-2H3,(H2,10,13). The Morgan fingerprint density at radius 2 is 2.38 bits per heavy atom. The van der Waals surface area contributed by atoms with E-state index in [9.17, 15) is 5.11 Å². The van der Waals surface area contributed by atoms with E-state index in [4.69, 9.17) is 18.0 Å². The molecule has 2 atom stereocenters. The van der Waals surface area contributed by atoms with Crippen molar-refractivity contribution in [1.82, 2.24) is 4.90 Å². The van der Waals surface area contributed by atoms with Crippen LogP contribution in [0.5, 0.6) is 0 Å². The van der Waals surface area contributed by atoms with Crippen LogP contribution in [0.25, 0.3) is 0 Å². The van der Waals surface area contributed by atoms with Crippen LogP contribution in [0.2, 0.25) is 0 Å². The molecule has 1 heterocycles. The number of nitrogens with two attached hydrogens (primary N) is 1. The van der Waals surface area contributed by atoms with Crippen molar-refractivity contribution >= 4 is 17.2 Å². The number of likely N-dealkylation sites (tertiary alicyclic amines) is 1. The number of aliphatic hydroxyl groups is 1. The smallest absolute Gasteiger partial charge is 0.0901 e. The van der Waals surface area contributed by atoms with E-state index in [-0.39, 0.29) is 6.04 Å². The first kappa shape index (κ1) is 10.9. The minimum absolute atomic E-state index is 0.156. The summed E-state index contributed by atoms with van der Waals surface area (Å²) in [6.45, 7) is 5.50. The third kappa shape index (κ3) is 2.62. The Hall–Kier alpha value is -0.190. The number of hydrogen-bond donors (Lipinski definition) is 2. The fourth-order valence-corrected chi connectivity index (χ4v) is 2.20. The van der Waals surface area contributed by atoms with E-state index >= 15 is 0 Å². The van der Waals surface area contributed by atoms with E-state index in [0.29, 0.717) is 11.5 Å². The largest absolute Gasteiger partial charge is 0.392 e. The van der Waals surface area contributed by atoms with Crippen LogP contribution in [0.4, 0.5) is 0 Å². The van der Waals surface area contributed by atoms with E-state index in [2.05, 4.69) is 11.8 Å². The van der Waals surface area contributed by atoms with Gasteiger partial charge in [0.25, 0.3) is 0 Å². The third-order valence-corrected chi connectivity index (χ3v) is 2.91. The highest BCUT2D eigenvalue weighted by atomic mass is 32.1. The fourth-order valence-electron chi connectivity index (χ4n) is 1.89. The fraction of sp³-hybridized carbons (Fsp3) is 0.889. The first-order valence-corrected chi connectivity index (χ1v) is 5.13. The summed E-state index contributed by atoms with van der Waals surface area (Å²) in [5.74, 6) is 0. The van der Waals surface area contributed by atoms with Gasteiger partial charge in [-0.15, -0.1) is 0 Å². The molecule has 3 nitrogen and oxygen atoms in total. The lowest BCUT2D eigenvalue weighted by Gasteiger charge is -2.26. The van der Waals surface area contributed by atoms with Crippen LogP contribution in [0.3, 0.4) is 0 Å². The number of hydrogen-bond acceptors (Lipinski definition) is 3. The molecular formula is C9H18N2OS. The number of thiocarbonyl (C=S) groups is 1. The lowest BCUT2D eigenvalue weighted by Crippen LogP contribution is -2.43. The molecule has 0 bridgehead atoms. The normalized spacial score (nSPS) is 31.9. The van der Waals surface area contributed by atoms with E-state index in [1.165, 1.54) is 0 Å². The summed E-state index contributed by atoms with van der Waals surface area (Å²) in [4.78, 5) is 2.71. The molecular weight excluding hydrogens is 184 g/mol. The maximum atomic E-state index is 9.77. The predicted molar refractivity (Wildman–Crippen MR) is 57.7 cm³/mol. The molecule has 0 aliphatic carbocycles. The summed E-state index contributed by atoms with van der Waals surface area (Å²) in [6, 6.07) is 0.156. The van der Waals surface area contributed by atoms with Gasteiger partial charge < -0.3 is 10.8 Å². The molecule has 0 saturated carbocycles. The highest BCUT2D eigenvalue weighted by Gasteiger charge is 2.35. The monoisotopic (exact) mass is 202 g/mol. The summed E-state index contributed by atoms with van der Waals surface area (Å²) in [5, 5.41) is 9.77. The summed E-state index contributed by atoms with van der Waals surface area (Å²) >= 11 is 4.98. The Kier molecular flexibility index (Phi) is 3.27. The molecule has 0 aromatic heterocycles. The molecule has 4 heteroatoms. The third-order valence-electron chi connectivity index (χ3n) is 2.64. The quantitative estimate of drug-likeness (QED) is 0.655. The first-order chi connectivity index (χ1) is 5.96. The summed E-state index contributed by atoms with van der Waals surface area (Å²) in [7, 11) is 0. The molecule has 3 N–H and O–H groups in total. The topological polar surface area (TPSA) is 49.5 Å². The minimum atomic E-state index is -0.557. The number of nitrogens with zero attached hydrogens (tertiary/aromatic N) is 1. The maximum Gasteiger partial charge on any atom is 0.0901 e. The second-order valence-electron chi connectivity index (χ2n) is 4.04. The lowest BCUT2D eigenvalue weighted by molar-refractivity contribution is 0.0662. The van der Waals surface area contributed by atoms with Crippen molar-refractivity contribution in [3.05, 3.63) is 0 Å². The highest BCUT2D eigenvalue weighted by molar-refractivity contribution is 7.80. The summed E-state index contributed by atoms with van der Waals surface area (Å²) < 4.78 is 0. The Bertz CT molecular complexity index is 206. The molecule has 0 spiro atoms. The van der Waals surface area contributed by atoms with Gasteiger partial charge in [-0.1, -0.05) is 19.1 Å². The van der Waals surface area contributed by atoms with Crippen molar-refractivity contribution in [3.8, 4) is 0 Å². The zero-order valence-electron chi connectivity index (χ0n) is 8.29. The predicted octanol–water partition coefficient (Wildman–Crippen LogP) is 0.508. The van der Waals surface area contributed by atoms with Crippen molar-refractivity contribution in [2.75, 3.05) is 13.1 Å². The van der Waals surface area contributed by atoms with E-state index in [0.717, 1.165) is 19.4 Å². The Morgan fingerprint density at radius 1 is 1.77 bits per heavy atom. The number of rotatable bonds is 3. The Labute approximate surface area is 84.9 Å². The van der Waals surface area contributed by atoms with Crippen LogP contribution >= 0.6 is 12.2 Å². The van der Waals surface area contributed by atoms with Crippen molar-refractivity contribution in [1.29, 1.82) is 0 Å². The second-order valence-corrected chi connectivity index (χ2v) is 4.52. The molecule has 1 aliphatic rings. The van der Waals surface area contributed by atoms with Crippen LogP contribution in [-0.2, 0) is 0 Å². The van der Waals surface area contributed by atoms with Gasteiger partial charge in [-0.05, 0) is 19.8 Å². The molecule has 0 radical (unpaired) electrons. The zero-order valence-corrected chi connectivity index (χ0v) is 9.10. The Morgan fingerprint density at radius 3 is 2.69 bits per heavy atom. The molecule has 0 aromatic carbocycles. The van der Waals surface area contributed by atoms with Gasteiger partial charge in [0.15, 0.2) is 0 Å². The van der Waals surface area contributed by atoms with Crippen molar-refractivity contribution in [2.24, 2.45) is 5.73 Å². The van der Waals surface area contributed by atoms with Gasteiger partial charge in [0.2, 0.25) is 0 Å². The molecule has 13 heavy (non-hydrogen) atoms. The van der Waals surface area contributed by atoms with Gasteiger partial charge in [-0.2, -0.15) is 0 Å². The van der Waals surface area contributed by atoms with Crippen LogP contribution in [0.15, 0.2) is 0 Å². The van der Waals surface area contributed by atoms with Gasteiger partial charge in [-0.25, -0.2) is 0 Å². The molecule has 1 fully saturated rings. The van der Waals surface area contributed by atoms with Crippen molar-refractivity contribution in [3.63, 3.8) is 0 Å². The first-order valence-electron chi connectivity index (χ1n) is 4.72. The molecule has 1 saturated heterocycles. The molecule has 1 aliphatic heterocycles. The van der Waals surface area contributed by atoms with Crippen LogP contribution in [0, 0.1) is 0 Å². The van der Waals surface area contributed by atoms with Gasteiger partial charge in [0.05, 0.1) is 16.6 Å². The number of β-amino-alcohol motifs (C(OH)–C–C–N with tert-alkyl or cyclic N) is 1. The average molecular weight is 202 g/mol. The average Bonchev–Trinajstić information content (AvgIpc) is 2.31. The van der Waals surface area contributed by atoms with E-state index < -0.39 is 5.60 Å². The van der Waals surface area contributed by atoms with Crippen molar-refractivity contribution in [2.45, 2.75) is 38.3 Å². The van der Waals surface area contributed by atoms with Gasteiger partial charge >= 0.3 is 0 Å². The van der Waals surface area contributed by atoms with E-state index in [1.807, 2.05) is 6.92 Å². The molecule has 2 unspecified atom stereocenters. The molecule has 1 rings (SSSR count). The summed E-state index contributed by atoms with van der Waals surface area (Å²) in [5.41, 5.74) is 5.07. The van der Waals surface area contributed by atoms with Gasteiger partial charge in [-0.3, -0.25) is 4.90 Å². The van der Waals surface area contributed by atoms with Crippen molar-refractivity contribution < 1.29 is 5.11 Å². The maximum absolute atomic E-state index is 9.77. The minimum Gasteiger partial charge on any atom is -0.392 e. The Balaban J connectivity index is 2.58. The zero-order chi connectivity index (χ0) is 10.1. The molecule has 0 aromatic rings. The van der Waals surface area contributed by atoms with Crippen LogP contribution < -0.4 is 5.73 Å². The van der Waals surface area contributed by atoms with Crippen LogP contribution in [-0.4, -0.2) is 39.7 Å². The molecule has 0 amide bonds. The summed E-state index contributed by atoms with van der Waals surface area (Å²) in [6.07, 6.45) is 1.73. The second kappa shape index (κ2) is 3.90. The lowest BCUT2D eigenvalue weighted by atomic mass is 10.1. The van der Waals surface area contributed by atoms with Crippen LogP contribution in [0.1, 0.15) is 26.7 Å². The SMILES string of the molecule is CCC(C(N)=S)N1CCC(C)(O)C1.